The molecule has 2 aliphatic heterocycles. The van der Waals surface area contributed by atoms with Gasteiger partial charge in [-0.1, -0.05) is 0 Å². The second-order valence-electron chi connectivity index (χ2n) is 5.79. The molecule has 2 unspecified atom stereocenters. The SMILES string of the molecule is CO[C@@H]1C(CN)O[C@H](O[C@@H]2C(CO)O[C@H](O)[C@H](O)[C@H]2O)[C@H](O)[C@H]1O. The maximum absolute atomic E-state index is 10.1. The van der Waals surface area contributed by atoms with Crippen molar-refractivity contribution in [3.8, 4) is 0 Å². The van der Waals surface area contributed by atoms with E-state index in [0.717, 1.165) is 0 Å². The highest BCUT2D eigenvalue weighted by Gasteiger charge is 2.50. The van der Waals surface area contributed by atoms with Crippen molar-refractivity contribution in [2.24, 2.45) is 5.73 Å². The summed E-state index contributed by atoms with van der Waals surface area (Å²) in [7, 11) is 1.33. The van der Waals surface area contributed by atoms with Crippen LogP contribution in [0.15, 0.2) is 0 Å². The Kier molecular flexibility index (Phi) is 6.87. The third-order valence-corrected chi connectivity index (χ3v) is 4.28. The molecule has 2 rings (SSSR count). The van der Waals surface area contributed by atoms with Gasteiger partial charge in [-0.3, -0.25) is 0 Å². The molecule has 8 N–H and O–H groups in total. The quantitative estimate of drug-likeness (QED) is 0.251. The molecule has 142 valence electrons. The van der Waals surface area contributed by atoms with Crippen LogP contribution in [-0.2, 0) is 18.9 Å². The van der Waals surface area contributed by atoms with Crippen LogP contribution in [0.3, 0.4) is 0 Å². The van der Waals surface area contributed by atoms with Crippen molar-refractivity contribution in [3.63, 3.8) is 0 Å². The lowest BCUT2D eigenvalue weighted by Gasteiger charge is -2.46. The molecule has 10 atom stereocenters. The molecule has 0 aliphatic carbocycles. The Balaban J connectivity index is 2.12. The maximum Gasteiger partial charge on any atom is 0.187 e. The lowest BCUT2D eigenvalue weighted by molar-refractivity contribution is -0.353. The summed E-state index contributed by atoms with van der Waals surface area (Å²) in [6, 6.07) is 0. The first-order valence-electron chi connectivity index (χ1n) is 7.56. The van der Waals surface area contributed by atoms with Gasteiger partial charge in [0.1, 0.15) is 48.8 Å². The van der Waals surface area contributed by atoms with E-state index in [2.05, 4.69) is 0 Å². The van der Waals surface area contributed by atoms with E-state index in [1.165, 1.54) is 7.11 Å². The molecule has 0 bridgehead atoms. The number of aliphatic hydroxyl groups is 6. The fraction of sp³-hybridized carbons (Fsp3) is 1.00. The summed E-state index contributed by atoms with van der Waals surface area (Å²) in [5, 5.41) is 58.7. The Morgan fingerprint density at radius 1 is 0.875 bits per heavy atom. The molecule has 0 aromatic rings. The van der Waals surface area contributed by atoms with Crippen molar-refractivity contribution in [3.05, 3.63) is 0 Å². The van der Waals surface area contributed by atoms with E-state index in [4.69, 9.17) is 24.7 Å². The molecule has 0 saturated carbocycles. The van der Waals surface area contributed by atoms with Crippen LogP contribution in [0.5, 0.6) is 0 Å². The maximum atomic E-state index is 10.1. The largest absolute Gasteiger partial charge is 0.394 e. The molecule has 24 heavy (non-hydrogen) atoms. The Labute approximate surface area is 138 Å². The number of rotatable bonds is 5. The predicted octanol–water partition coefficient (Wildman–Crippen LogP) is -4.78. The normalized spacial score (nSPS) is 50.0. The molecule has 0 spiro atoms. The van der Waals surface area contributed by atoms with Crippen molar-refractivity contribution in [2.45, 2.75) is 61.4 Å². The van der Waals surface area contributed by atoms with Gasteiger partial charge in [0.15, 0.2) is 12.6 Å². The summed E-state index contributed by atoms with van der Waals surface area (Å²) in [6.07, 6.45) is -13.5. The van der Waals surface area contributed by atoms with E-state index in [1.807, 2.05) is 0 Å². The highest BCUT2D eigenvalue weighted by molar-refractivity contribution is 4.94. The molecule has 11 nitrogen and oxygen atoms in total. The Bertz CT molecular complexity index is 397. The zero-order valence-corrected chi connectivity index (χ0v) is 13.1. The Morgan fingerprint density at radius 3 is 2.04 bits per heavy atom. The van der Waals surface area contributed by atoms with Crippen molar-refractivity contribution in [1.29, 1.82) is 0 Å². The first-order valence-corrected chi connectivity index (χ1v) is 7.56. The van der Waals surface area contributed by atoms with Crippen LogP contribution in [0.1, 0.15) is 0 Å². The van der Waals surface area contributed by atoms with Gasteiger partial charge in [-0.25, -0.2) is 0 Å². The minimum absolute atomic E-state index is 0.0311. The summed E-state index contributed by atoms with van der Waals surface area (Å²) < 4.78 is 20.9. The molecule has 0 radical (unpaired) electrons. The van der Waals surface area contributed by atoms with Crippen molar-refractivity contribution in [2.75, 3.05) is 20.3 Å². The van der Waals surface area contributed by atoms with E-state index < -0.39 is 68.0 Å². The number of aliphatic hydroxyl groups excluding tert-OH is 6. The first kappa shape index (κ1) is 19.9. The second kappa shape index (κ2) is 8.29. The Hall–Kier alpha value is -0.440. The standard InChI is InChI=1S/C13H25NO10/c1-21-10-4(2-14)23-13(9(19)7(10)17)24-11-5(3-15)22-12(20)8(18)6(11)16/h4-13,15-20H,2-3,14H2,1H3/t4?,5?,6-,7-,8-,9-,10-,11-,12+,13-/m1/s1. The van der Waals surface area contributed by atoms with Gasteiger partial charge in [-0.15, -0.1) is 0 Å². The molecular weight excluding hydrogens is 330 g/mol. The third-order valence-electron chi connectivity index (χ3n) is 4.28. The van der Waals surface area contributed by atoms with Crippen LogP contribution in [0.4, 0.5) is 0 Å². The van der Waals surface area contributed by atoms with Crippen molar-refractivity contribution in [1.82, 2.24) is 0 Å². The molecule has 2 aliphatic rings. The lowest BCUT2D eigenvalue weighted by Crippen LogP contribution is -2.65. The smallest absolute Gasteiger partial charge is 0.187 e. The van der Waals surface area contributed by atoms with Crippen LogP contribution in [0.2, 0.25) is 0 Å². The number of ether oxygens (including phenoxy) is 4. The zero-order chi connectivity index (χ0) is 18.0. The molecule has 2 fully saturated rings. The van der Waals surface area contributed by atoms with E-state index >= 15 is 0 Å². The molecule has 2 saturated heterocycles. The van der Waals surface area contributed by atoms with Crippen molar-refractivity contribution >= 4 is 0 Å². The number of methoxy groups -OCH3 is 1. The lowest BCUT2D eigenvalue weighted by atomic mass is 9.97. The number of hydrogen-bond acceptors (Lipinski definition) is 11. The zero-order valence-electron chi connectivity index (χ0n) is 13.1. The molecular formula is C13H25NO10. The highest BCUT2D eigenvalue weighted by atomic mass is 16.7. The van der Waals surface area contributed by atoms with Gasteiger partial charge in [-0.2, -0.15) is 0 Å². The average Bonchev–Trinajstić information content (AvgIpc) is 2.58. The minimum atomic E-state index is -1.70. The fourth-order valence-electron chi connectivity index (χ4n) is 2.89. The van der Waals surface area contributed by atoms with Gasteiger partial charge < -0.3 is 55.3 Å². The monoisotopic (exact) mass is 355 g/mol. The summed E-state index contributed by atoms with van der Waals surface area (Å²) in [5.41, 5.74) is 5.55. The number of nitrogens with two attached hydrogens (primary N) is 1. The van der Waals surface area contributed by atoms with Crippen LogP contribution >= 0.6 is 0 Å². The van der Waals surface area contributed by atoms with Crippen LogP contribution in [-0.4, -0.2) is 112 Å². The number of hydrogen-bond donors (Lipinski definition) is 7. The Morgan fingerprint density at radius 2 is 1.50 bits per heavy atom. The molecule has 0 amide bonds. The molecule has 0 aromatic carbocycles. The summed E-state index contributed by atoms with van der Waals surface area (Å²) in [4.78, 5) is 0. The van der Waals surface area contributed by atoms with Gasteiger partial charge in [0.2, 0.25) is 0 Å². The average molecular weight is 355 g/mol. The third kappa shape index (κ3) is 3.71. The topological polar surface area (TPSA) is 184 Å². The highest BCUT2D eigenvalue weighted by Crippen LogP contribution is 2.29. The van der Waals surface area contributed by atoms with Gasteiger partial charge in [0.05, 0.1) is 6.61 Å². The van der Waals surface area contributed by atoms with Crippen LogP contribution < -0.4 is 5.73 Å². The van der Waals surface area contributed by atoms with E-state index in [1.54, 1.807) is 0 Å². The predicted molar refractivity (Wildman–Crippen MR) is 75.4 cm³/mol. The van der Waals surface area contributed by atoms with Gasteiger partial charge in [0.25, 0.3) is 0 Å². The summed E-state index contributed by atoms with van der Waals surface area (Å²) in [5.74, 6) is 0. The molecule has 11 heteroatoms. The second-order valence-corrected chi connectivity index (χ2v) is 5.79. The van der Waals surface area contributed by atoms with Crippen LogP contribution in [0.25, 0.3) is 0 Å². The van der Waals surface area contributed by atoms with E-state index in [-0.39, 0.29) is 6.54 Å². The van der Waals surface area contributed by atoms with Gasteiger partial charge in [-0.05, 0) is 0 Å². The van der Waals surface area contributed by atoms with Crippen LogP contribution in [0, 0.1) is 0 Å². The summed E-state index contributed by atoms with van der Waals surface area (Å²) in [6.45, 7) is -0.658. The molecule has 0 aromatic heterocycles. The first-order chi connectivity index (χ1) is 11.3. The summed E-state index contributed by atoms with van der Waals surface area (Å²) >= 11 is 0. The van der Waals surface area contributed by atoms with E-state index in [9.17, 15) is 30.6 Å². The minimum Gasteiger partial charge on any atom is -0.394 e. The van der Waals surface area contributed by atoms with E-state index in [0.29, 0.717) is 0 Å². The van der Waals surface area contributed by atoms with Gasteiger partial charge >= 0.3 is 0 Å². The van der Waals surface area contributed by atoms with Crippen molar-refractivity contribution < 1.29 is 49.6 Å². The molecule has 2 heterocycles. The van der Waals surface area contributed by atoms with Gasteiger partial charge in [0, 0.05) is 13.7 Å². The fourth-order valence-corrected chi connectivity index (χ4v) is 2.89.